The quantitative estimate of drug-likeness (QED) is 0.551. The van der Waals surface area contributed by atoms with Crippen molar-refractivity contribution in [3.05, 3.63) is 29.8 Å². The third kappa shape index (κ3) is 4.71. The maximum absolute atomic E-state index is 11.9. The van der Waals surface area contributed by atoms with Gasteiger partial charge < -0.3 is 15.6 Å². The van der Waals surface area contributed by atoms with Gasteiger partial charge in [-0.05, 0) is 17.7 Å². The maximum Gasteiger partial charge on any atom is 0.240 e. The van der Waals surface area contributed by atoms with Crippen LogP contribution in [-0.4, -0.2) is 39.9 Å². The second-order valence-corrected chi connectivity index (χ2v) is 5.35. The molecule has 102 valence electrons. The van der Waals surface area contributed by atoms with E-state index in [0.29, 0.717) is 6.54 Å². The van der Waals surface area contributed by atoms with Gasteiger partial charge in [-0.25, -0.2) is 13.1 Å². The van der Waals surface area contributed by atoms with Gasteiger partial charge in [0.25, 0.3) is 0 Å². The number of nitrogens with two attached hydrogens (primary N) is 1. The Labute approximate surface area is 107 Å². The first kappa shape index (κ1) is 15.1. The van der Waals surface area contributed by atoms with Gasteiger partial charge in [-0.1, -0.05) is 12.1 Å². The van der Waals surface area contributed by atoms with Crippen molar-refractivity contribution in [2.24, 2.45) is 5.73 Å². The number of benzene rings is 1. The molecule has 0 aliphatic rings. The minimum Gasteiger partial charge on any atom is -0.394 e. The van der Waals surface area contributed by atoms with E-state index in [4.69, 9.17) is 15.6 Å². The van der Waals surface area contributed by atoms with E-state index < -0.39 is 10.0 Å². The third-order valence-corrected chi connectivity index (χ3v) is 3.68. The molecule has 1 aromatic carbocycles. The van der Waals surface area contributed by atoms with Crippen molar-refractivity contribution in [1.29, 1.82) is 0 Å². The van der Waals surface area contributed by atoms with Crippen LogP contribution in [0, 0.1) is 0 Å². The van der Waals surface area contributed by atoms with Crippen molar-refractivity contribution >= 4 is 10.0 Å². The second kappa shape index (κ2) is 7.45. The van der Waals surface area contributed by atoms with E-state index in [1.807, 2.05) is 0 Å². The molecule has 0 spiro atoms. The SMILES string of the molecule is NCc1cccc(S(=O)(=O)NCCOCCO)c1. The highest BCUT2D eigenvalue weighted by atomic mass is 32.2. The van der Waals surface area contributed by atoms with Crippen LogP contribution in [0.25, 0.3) is 0 Å². The standard InChI is InChI=1S/C11H18N2O4S/c12-9-10-2-1-3-11(8-10)18(15,16)13-4-6-17-7-5-14/h1-3,8,13-14H,4-7,9,12H2. The van der Waals surface area contributed by atoms with E-state index in [1.54, 1.807) is 12.1 Å². The summed E-state index contributed by atoms with van der Waals surface area (Å²) in [6, 6.07) is 6.47. The number of aliphatic hydroxyl groups is 1. The smallest absolute Gasteiger partial charge is 0.240 e. The van der Waals surface area contributed by atoms with Crippen molar-refractivity contribution in [3.63, 3.8) is 0 Å². The molecule has 1 aromatic rings. The van der Waals surface area contributed by atoms with Crippen LogP contribution in [0.3, 0.4) is 0 Å². The molecule has 18 heavy (non-hydrogen) atoms. The highest BCUT2D eigenvalue weighted by Gasteiger charge is 2.13. The molecule has 4 N–H and O–H groups in total. The predicted molar refractivity (Wildman–Crippen MR) is 67.4 cm³/mol. The van der Waals surface area contributed by atoms with Gasteiger partial charge >= 0.3 is 0 Å². The summed E-state index contributed by atoms with van der Waals surface area (Å²) in [6.45, 7) is 0.796. The number of nitrogens with one attached hydrogen (secondary N) is 1. The molecule has 0 saturated carbocycles. The summed E-state index contributed by atoms with van der Waals surface area (Å²) in [5.41, 5.74) is 6.22. The zero-order valence-electron chi connectivity index (χ0n) is 10.0. The monoisotopic (exact) mass is 274 g/mol. The summed E-state index contributed by atoms with van der Waals surface area (Å²) in [5, 5.41) is 8.49. The Morgan fingerprint density at radius 2 is 2.11 bits per heavy atom. The van der Waals surface area contributed by atoms with Crippen molar-refractivity contribution in [1.82, 2.24) is 4.72 Å². The van der Waals surface area contributed by atoms with Gasteiger partial charge in [0, 0.05) is 13.1 Å². The highest BCUT2D eigenvalue weighted by molar-refractivity contribution is 7.89. The number of rotatable bonds is 8. The molecule has 0 fully saturated rings. The van der Waals surface area contributed by atoms with Gasteiger partial charge in [-0.15, -0.1) is 0 Å². The first-order valence-corrected chi connectivity index (χ1v) is 7.06. The molecule has 0 unspecified atom stereocenters. The second-order valence-electron chi connectivity index (χ2n) is 3.59. The first-order valence-electron chi connectivity index (χ1n) is 5.57. The van der Waals surface area contributed by atoms with E-state index in [1.165, 1.54) is 12.1 Å². The van der Waals surface area contributed by atoms with Crippen LogP contribution in [0.2, 0.25) is 0 Å². The van der Waals surface area contributed by atoms with Crippen LogP contribution in [0.5, 0.6) is 0 Å². The number of hydrogen-bond donors (Lipinski definition) is 3. The van der Waals surface area contributed by atoms with E-state index in [-0.39, 0.29) is 31.3 Å². The van der Waals surface area contributed by atoms with Gasteiger partial charge in [0.2, 0.25) is 10.0 Å². The largest absolute Gasteiger partial charge is 0.394 e. The van der Waals surface area contributed by atoms with Gasteiger partial charge in [0.05, 0.1) is 24.7 Å². The van der Waals surface area contributed by atoms with Crippen molar-refractivity contribution < 1.29 is 18.3 Å². The van der Waals surface area contributed by atoms with Gasteiger partial charge in [0.15, 0.2) is 0 Å². The van der Waals surface area contributed by atoms with Gasteiger partial charge in [-0.2, -0.15) is 0 Å². The summed E-state index contributed by atoms with van der Waals surface area (Å²) >= 11 is 0. The minimum absolute atomic E-state index is 0.0781. The molecule has 0 heterocycles. The average molecular weight is 274 g/mol. The van der Waals surface area contributed by atoms with Crippen LogP contribution in [-0.2, 0) is 21.3 Å². The fourth-order valence-electron chi connectivity index (χ4n) is 1.34. The molecular formula is C11H18N2O4S. The fourth-order valence-corrected chi connectivity index (χ4v) is 2.42. The van der Waals surface area contributed by atoms with E-state index in [0.717, 1.165) is 5.56 Å². The van der Waals surface area contributed by atoms with Crippen LogP contribution in [0.15, 0.2) is 29.2 Å². The summed E-state index contributed by atoms with van der Waals surface area (Å²) < 4.78 is 31.1. The fraction of sp³-hybridized carbons (Fsp3) is 0.455. The summed E-state index contributed by atoms with van der Waals surface area (Å²) in [4.78, 5) is 0.188. The Bertz CT molecular complexity index is 462. The zero-order chi connectivity index (χ0) is 13.4. The zero-order valence-corrected chi connectivity index (χ0v) is 10.8. The Kier molecular flexibility index (Phi) is 6.23. The lowest BCUT2D eigenvalue weighted by molar-refractivity contribution is 0.0961. The molecule has 6 nitrogen and oxygen atoms in total. The van der Waals surface area contributed by atoms with Crippen molar-refractivity contribution in [3.8, 4) is 0 Å². The summed E-state index contributed by atoms with van der Waals surface area (Å²) in [5.74, 6) is 0. The van der Waals surface area contributed by atoms with E-state index in [2.05, 4.69) is 4.72 Å². The molecule has 0 radical (unpaired) electrons. The maximum atomic E-state index is 11.9. The van der Waals surface area contributed by atoms with Crippen molar-refractivity contribution in [2.75, 3.05) is 26.4 Å². The lowest BCUT2D eigenvalue weighted by Gasteiger charge is -2.08. The lowest BCUT2D eigenvalue weighted by atomic mass is 10.2. The van der Waals surface area contributed by atoms with Crippen molar-refractivity contribution in [2.45, 2.75) is 11.4 Å². The summed E-state index contributed by atoms with van der Waals surface area (Å²) in [7, 11) is -3.53. The van der Waals surface area contributed by atoms with Crippen LogP contribution in [0.4, 0.5) is 0 Å². The van der Waals surface area contributed by atoms with E-state index >= 15 is 0 Å². The number of hydrogen-bond acceptors (Lipinski definition) is 5. The molecule has 0 aliphatic carbocycles. The van der Waals surface area contributed by atoms with Gasteiger partial charge in [-0.3, -0.25) is 0 Å². The van der Waals surface area contributed by atoms with E-state index in [9.17, 15) is 8.42 Å². The number of ether oxygens (including phenoxy) is 1. The Morgan fingerprint density at radius 3 is 2.78 bits per heavy atom. The molecule has 0 atom stereocenters. The molecule has 0 saturated heterocycles. The third-order valence-electron chi connectivity index (χ3n) is 2.22. The Morgan fingerprint density at radius 1 is 1.33 bits per heavy atom. The lowest BCUT2D eigenvalue weighted by Crippen LogP contribution is -2.27. The minimum atomic E-state index is -3.53. The molecule has 0 amide bonds. The predicted octanol–water partition coefficient (Wildman–Crippen LogP) is -0.567. The molecule has 0 aliphatic heterocycles. The normalized spacial score (nSPS) is 11.7. The average Bonchev–Trinajstić information content (AvgIpc) is 2.38. The Hall–Kier alpha value is -0.990. The van der Waals surface area contributed by atoms with Crippen LogP contribution in [0.1, 0.15) is 5.56 Å². The molecular weight excluding hydrogens is 256 g/mol. The molecule has 1 rings (SSSR count). The number of aliphatic hydroxyl groups excluding tert-OH is 1. The van der Waals surface area contributed by atoms with Crippen LogP contribution < -0.4 is 10.5 Å². The molecule has 0 bridgehead atoms. The number of sulfonamides is 1. The molecule has 0 aromatic heterocycles. The van der Waals surface area contributed by atoms with Crippen LogP contribution >= 0.6 is 0 Å². The highest BCUT2D eigenvalue weighted by Crippen LogP contribution is 2.10. The Balaban J connectivity index is 2.57. The topological polar surface area (TPSA) is 102 Å². The first-order chi connectivity index (χ1) is 8.60. The molecule has 7 heteroatoms. The summed E-state index contributed by atoms with van der Waals surface area (Å²) in [6.07, 6.45) is 0. The van der Waals surface area contributed by atoms with Gasteiger partial charge in [0.1, 0.15) is 0 Å².